The molecular weight excluding hydrogens is 308 g/mol. The molecule has 0 amide bonds. The lowest BCUT2D eigenvalue weighted by Crippen LogP contribution is -2.33. The molecule has 1 atom stereocenters. The summed E-state index contributed by atoms with van der Waals surface area (Å²) in [5.41, 5.74) is 3.20. The minimum Gasteiger partial charge on any atom is -0.362 e. The van der Waals surface area contributed by atoms with Crippen molar-refractivity contribution in [2.75, 3.05) is 0 Å². The summed E-state index contributed by atoms with van der Waals surface area (Å²) in [6, 6.07) is 6.20. The van der Waals surface area contributed by atoms with Gasteiger partial charge in [-0.1, -0.05) is 12.1 Å². The van der Waals surface area contributed by atoms with Crippen LogP contribution >= 0.6 is 0 Å². The van der Waals surface area contributed by atoms with Gasteiger partial charge in [-0.3, -0.25) is 19.7 Å². The maximum absolute atomic E-state index is 12.5. The smallest absolute Gasteiger partial charge is 0.269 e. The Morgan fingerprint density at radius 3 is 2.75 bits per heavy atom. The summed E-state index contributed by atoms with van der Waals surface area (Å²) in [6.07, 6.45) is 1.96. The number of Topliss-reactive ketones (excluding diaryl/α,β-unsaturated/α-hetero) is 2. The second-order valence-electron chi connectivity index (χ2n) is 6.17. The summed E-state index contributed by atoms with van der Waals surface area (Å²) >= 11 is 0. The highest BCUT2D eigenvalue weighted by molar-refractivity contribution is 6.05. The molecular formula is C18H18N2O4. The van der Waals surface area contributed by atoms with Crippen LogP contribution in [-0.4, -0.2) is 16.5 Å². The molecule has 0 aromatic heterocycles. The third kappa shape index (κ3) is 2.64. The predicted octanol–water partition coefficient (Wildman–Crippen LogP) is 3.15. The molecule has 0 bridgehead atoms. The topological polar surface area (TPSA) is 89.3 Å². The number of rotatable bonds is 3. The molecule has 1 heterocycles. The Morgan fingerprint density at radius 2 is 2.08 bits per heavy atom. The molecule has 24 heavy (non-hydrogen) atoms. The van der Waals surface area contributed by atoms with E-state index in [1.165, 1.54) is 19.1 Å². The van der Waals surface area contributed by atoms with Crippen LogP contribution in [0.1, 0.15) is 44.6 Å². The number of nitro benzene ring substituents is 1. The van der Waals surface area contributed by atoms with E-state index in [0.29, 0.717) is 28.8 Å². The van der Waals surface area contributed by atoms with Gasteiger partial charge in [-0.2, -0.15) is 0 Å². The Kier molecular flexibility index (Phi) is 4.05. The fourth-order valence-corrected chi connectivity index (χ4v) is 3.60. The van der Waals surface area contributed by atoms with Gasteiger partial charge < -0.3 is 5.32 Å². The van der Waals surface area contributed by atoms with Crippen LogP contribution in [0.15, 0.2) is 46.8 Å². The van der Waals surface area contributed by atoms with Crippen LogP contribution in [0.2, 0.25) is 0 Å². The van der Waals surface area contributed by atoms with Crippen LogP contribution in [0.3, 0.4) is 0 Å². The zero-order chi connectivity index (χ0) is 17.4. The second-order valence-corrected chi connectivity index (χ2v) is 6.17. The molecule has 1 aromatic rings. The molecule has 0 saturated heterocycles. The minimum atomic E-state index is -0.536. The van der Waals surface area contributed by atoms with Crippen molar-refractivity contribution < 1.29 is 14.5 Å². The van der Waals surface area contributed by atoms with Crippen LogP contribution in [0.5, 0.6) is 0 Å². The number of nitro groups is 1. The summed E-state index contributed by atoms with van der Waals surface area (Å²) in [5, 5.41) is 14.3. The lowest BCUT2D eigenvalue weighted by atomic mass is 9.74. The molecule has 0 radical (unpaired) electrons. The van der Waals surface area contributed by atoms with E-state index < -0.39 is 10.8 Å². The number of carbonyl (C=O) groups is 2. The van der Waals surface area contributed by atoms with Gasteiger partial charge in [-0.15, -0.1) is 0 Å². The summed E-state index contributed by atoms with van der Waals surface area (Å²) in [5.74, 6) is -0.667. The first-order chi connectivity index (χ1) is 11.4. The Hall–Kier alpha value is -2.76. The number of benzene rings is 1. The molecule has 1 aliphatic heterocycles. The van der Waals surface area contributed by atoms with Crippen LogP contribution in [0.4, 0.5) is 5.69 Å². The Morgan fingerprint density at radius 1 is 1.33 bits per heavy atom. The number of hydrogen-bond donors (Lipinski definition) is 1. The lowest BCUT2D eigenvalue weighted by molar-refractivity contribution is -0.384. The predicted molar refractivity (Wildman–Crippen MR) is 88.2 cm³/mol. The third-order valence-corrected chi connectivity index (χ3v) is 4.57. The number of carbonyl (C=O) groups excluding carboxylic acids is 2. The second kappa shape index (κ2) is 6.03. The highest BCUT2D eigenvalue weighted by Gasteiger charge is 2.37. The molecule has 6 nitrogen and oxygen atoms in total. The van der Waals surface area contributed by atoms with Gasteiger partial charge in [0.05, 0.1) is 4.92 Å². The van der Waals surface area contributed by atoms with Gasteiger partial charge in [-0.05, 0) is 32.3 Å². The van der Waals surface area contributed by atoms with Gasteiger partial charge in [0.1, 0.15) is 0 Å². The van der Waals surface area contributed by atoms with E-state index in [1.807, 2.05) is 6.92 Å². The van der Waals surface area contributed by atoms with Crippen molar-refractivity contribution in [1.29, 1.82) is 0 Å². The fraction of sp³-hybridized carbons (Fsp3) is 0.333. The van der Waals surface area contributed by atoms with E-state index >= 15 is 0 Å². The van der Waals surface area contributed by atoms with E-state index in [2.05, 4.69) is 5.32 Å². The highest BCUT2D eigenvalue weighted by atomic mass is 16.6. The van der Waals surface area contributed by atoms with E-state index in [-0.39, 0.29) is 17.3 Å². The van der Waals surface area contributed by atoms with Crippen LogP contribution in [0.25, 0.3) is 0 Å². The van der Waals surface area contributed by atoms with Gasteiger partial charge >= 0.3 is 0 Å². The van der Waals surface area contributed by atoms with Crippen LogP contribution in [0, 0.1) is 10.1 Å². The SMILES string of the molecule is CC(=O)C1=C(C)NC2=C(C(=O)CCC2)C1c1cccc([N+](=O)[O-])c1. The Bertz CT molecular complexity index is 820. The van der Waals surface area contributed by atoms with Crippen molar-refractivity contribution in [3.8, 4) is 0 Å². The largest absolute Gasteiger partial charge is 0.362 e. The first-order valence-corrected chi connectivity index (χ1v) is 7.89. The first kappa shape index (κ1) is 16.1. The Labute approximate surface area is 139 Å². The van der Waals surface area contributed by atoms with Gasteiger partial charge in [0.25, 0.3) is 5.69 Å². The van der Waals surface area contributed by atoms with Crippen molar-refractivity contribution in [3.05, 3.63) is 62.5 Å². The van der Waals surface area contributed by atoms with Gasteiger partial charge in [0.15, 0.2) is 11.6 Å². The number of allylic oxidation sites excluding steroid dienone is 4. The maximum Gasteiger partial charge on any atom is 0.269 e. The summed E-state index contributed by atoms with van der Waals surface area (Å²) in [7, 11) is 0. The third-order valence-electron chi connectivity index (χ3n) is 4.57. The molecule has 2 aliphatic rings. The van der Waals surface area contributed by atoms with E-state index in [1.54, 1.807) is 12.1 Å². The molecule has 0 saturated carbocycles. The average molecular weight is 326 g/mol. The van der Waals surface area contributed by atoms with Crippen LogP contribution < -0.4 is 5.32 Å². The number of nitrogens with zero attached hydrogens (tertiary/aromatic N) is 1. The van der Waals surface area contributed by atoms with Crippen molar-refractivity contribution in [2.24, 2.45) is 0 Å². The molecule has 1 unspecified atom stereocenters. The molecule has 1 N–H and O–H groups in total. The molecule has 3 rings (SSSR count). The molecule has 124 valence electrons. The molecule has 1 aromatic carbocycles. The van der Waals surface area contributed by atoms with Crippen molar-refractivity contribution >= 4 is 17.3 Å². The maximum atomic E-state index is 12.5. The first-order valence-electron chi connectivity index (χ1n) is 7.89. The van der Waals surface area contributed by atoms with Crippen LogP contribution in [-0.2, 0) is 9.59 Å². The quantitative estimate of drug-likeness (QED) is 0.681. The van der Waals surface area contributed by atoms with Gasteiger partial charge in [0, 0.05) is 47.0 Å². The summed E-state index contributed by atoms with van der Waals surface area (Å²) < 4.78 is 0. The zero-order valence-corrected chi connectivity index (χ0v) is 13.6. The van der Waals surface area contributed by atoms with Crippen molar-refractivity contribution in [1.82, 2.24) is 5.32 Å². The molecule has 0 fully saturated rings. The van der Waals surface area contributed by atoms with Gasteiger partial charge in [0.2, 0.25) is 0 Å². The Balaban J connectivity index is 2.21. The molecule has 6 heteroatoms. The zero-order valence-electron chi connectivity index (χ0n) is 13.6. The minimum absolute atomic E-state index is 0.00602. The van der Waals surface area contributed by atoms with E-state index in [4.69, 9.17) is 0 Å². The standard InChI is InChI=1S/C18H18N2O4/c1-10-16(11(2)21)17(12-5-3-6-13(9-12)20(23)24)18-14(19-10)7-4-8-15(18)22/h3,5-6,9,17,19H,4,7-8H2,1-2H3. The van der Waals surface area contributed by atoms with Crippen molar-refractivity contribution in [3.63, 3.8) is 0 Å². The average Bonchev–Trinajstić information content (AvgIpc) is 2.53. The van der Waals surface area contributed by atoms with E-state index in [9.17, 15) is 19.7 Å². The highest BCUT2D eigenvalue weighted by Crippen LogP contribution is 2.42. The number of ketones is 2. The normalized spacial score (nSPS) is 20.6. The van der Waals surface area contributed by atoms with E-state index in [0.717, 1.165) is 18.5 Å². The summed E-state index contributed by atoms with van der Waals surface area (Å²) in [6.45, 7) is 3.27. The number of nitrogens with one attached hydrogen (secondary N) is 1. The van der Waals surface area contributed by atoms with Gasteiger partial charge in [-0.25, -0.2) is 0 Å². The fourth-order valence-electron chi connectivity index (χ4n) is 3.60. The summed E-state index contributed by atoms with van der Waals surface area (Å²) in [4.78, 5) is 35.4. The lowest BCUT2D eigenvalue weighted by Gasteiger charge is -2.34. The monoisotopic (exact) mass is 326 g/mol. The molecule has 1 aliphatic carbocycles. The number of dihydropyridines is 1. The number of non-ortho nitro benzene ring substituents is 1. The van der Waals surface area contributed by atoms with Crippen molar-refractivity contribution in [2.45, 2.75) is 39.0 Å². The molecule has 0 spiro atoms. The number of hydrogen-bond acceptors (Lipinski definition) is 5.